The van der Waals surface area contributed by atoms with Crippen LogP contribution in [0.15, 0.2) is 71.6 Å². The van der Waals surface area contributed by atoms with Crippen LogP contribution in [0.2, 0.25) is 5.02 Å². The Morgan fingerprint density at radius 1 is 1.06 bits per heavy atom. The fraction of sp³-hybridized carbons (Fsp3) is 0.130. The van der Waals surface area contributed by atoms with Gasteiger partial charge in [0.25, 0.3) is 15.9 Å². The van der Waals surface area contributed by atoms with Crippen molar-refractivity contribution in [3.05, 3.63) is 88.7 Å². The van der Waals surface area contributed by atoms with Gasteiger partial charge in [-0.3, -0.25) is 9.10 Å². The summed E-state index contributed by atoms with van der Waals surface area (Å²) in [6.07, 6.45) is 0. The number of anilines is 2. The van der Waals surface area contributed by atoms with Gasteiger partial charge in [-0.05, 0) is 55.0 Å². The highest BCUT2D eigenvalue weighted by atomic mass is 35.5. The van der Waals surface area contributed by atoms with Gasteiger partial charge in [0.1, 0.15) is 5.82 Å². The molecule has 3 aromatic rings. The number of rotatable bonds is 7. The van der Waals surface area contributed by atoms with Crippen molar-refractivity contribution < 1.29 is 27.1 Å². The van der Waals surface area contributed by atoms with Crippen LogP contribution in [0.3, 0.4) is 0 Å². The van der Waals surface area contributed by atoms with Gasteiger partial charge in [-0.25, -0.2) is 17.6 Å². The first kappa shape index (κ1) is 24.2. The topological polar surface area (TPSA) is 92.8 Å². The molecule has 0 radical (unpaired) electrons. The summed E-state index contributed by atoms with van der Waals surface area (Å²) in [6, 6.07) is 16.2. The van der Waals surface area contributed by atoms with Crippen LogP contribution in [0.25, 0.3) is 0 Å². The fourth-order valence-electron chi connectivity index (χ4n) is 2.83. The van der Waals surface area contributed by atoms with Gasteiger partial charge in [0.05, 0.1) is 21.2 Å². The molecule has 0 fully saturated rings. The van der Waals surface area contributed by atoms with Crippen molar-refractivity contribution in [3.63, 3.8) is 0 Å². The van der Waals surface area contributed by atoms with E-state index < -0.39 is 34.3 Å². The number of para-hydroxylation sites is 1. The zero-order valence-corrected chi connectivity index (χ0v) is 19.3. The number of ether oxygens (including phenoxy) is 1. The Kier molecular flexibility index (Phi) is 7.35. The Hall–Kier alpha value is -3.43. The lowest BCUT2D eigenvalue weighted by Crippen LogP contribution is -2.27. The molecule has 0 spiro atoms. The smallest absolute Gasteiger partial charge is 0.340 e. The summed E-state index contributed by atoms with van der Waals surface area (Å²) in [4.78, 5) is 24.4. The molecule has 1 N–H and O–H groups in total. The molecule has 0 aliphatic heterocycles. The van der Waals surface area contributed by atoms with Crippen LogP contribution < -0.4 is 9.62 Å². The molecule has 3 aromatic carbocycles. The number of amides is 1. The van der Waals surface area contributed by atoms with Gasteiger partial charge in [-0.15, -0.1) is 0 Å². The number of aryl methyl sites for hydroxylation is 1. The number of esters is 1. The highest BCUT2D eigenvalue weighted by Crippen LogP contribution is 2.26. The molecule has 0 unspecified atom stereocenters. The number of nitrogens with zero attached hydrogens (tertiary/aromatic N) is 1. The molecule has 0 saturated heterocycles. The SMILES string of the molecule is Cc1ccc(NC(=O)COC(=O)c2cc(S(=O)(=O)N(C)c3ccccc3)ccc2Cl)cc1F. The maximum atomic E-state index is 13.6. The van der Waals surface area contributed by atoms with E-state index in [0.29, 0.717) is 11.3 Å². The van der Waals surface area contributed by atoms with E-state index in [1.165, 1.54) is 31.3 Å². The standard InChI is InChI=1S/C23H20ClFN2O5S/c1-15-8-9-16(12-21(15)25)26-22(28)14-32-23(29)19-13-18(10-11-20(19)24)33(30,31)27(2)17-6-4-3-5-7-17/h3-13H,14H2,1-2H3,(H,26,28). The van der Waals surface area contributed by atoms with E-state index >= 15 is 0 Å². The summed E-state index contributed by atoms with van der Waals surface area (Å²) >= 11 is 6.06. The molecular formula is C23H20ClFN2O5S. The van der Waals surface area contributed by atoms with Gasteiger partial charge in [-0.1, -0.05) is 35.9 Å². The molecular weight excluding hydrogens is 471 g/mol. The predicted molar refractivity (Wildman–Crippen MR) is 124 cm³/mol. The molecule has 0 atom stereocenters. The molecule has 33 heavy (non-hydrogen) atoms. The average molecular weight is 491 g/mol. The van der Waals surface area contributed by atoms with Gasteiger partial charge in [-0.2, -0.15) is 0 Å². The molecule has 0 bridgehead atoms. The number of nitrogens with one attached hydrogen (secondary N) is 1. The summed E-state index contributed by atoms with van der Waals surface area (Å²) in [5.74, 6) is -2.17. The first-order valence-electron chi connectivity index (χ1n) is 9.66. The monoisotopic (exact) mass is 490 g/mol. The molecule has 1 amide bonds. The number of benzene rings is 3. The first-order chi connectivity index (χ1) is 15.6. The number of halogens is 2. The molecule has 0 aromatic heterocycles. The van der Waals surface area contributed by atoms with Gasteiger partial charge < -0.3 is 10.1 Å². The van der Waals surface area contributed by atoms with Crippen LogP contribution in [0.5, 0.6) is 0 Å². The van der Waals surface area contributed by atoms with E-state index in [-0.39, 0.29) is 21.2 Å². The zero-order valence-electron chi connectivity index (χ0n) is 17.7. The molecule has 172 valence electrons. The van der Waals surface area contributed by atoms with Gasteiger partial charge in [0.2, 0.25) is 0 Å². The summed E-state index contributed by atoms with van der Waals surface area (Å²) in [5, 5.41) is 2.37. The van der Waals surface area contributed by atoms with Crippen molar-refractivity contribution in [1.29, 1.82) is 0 Å². The maximum absolute atomic E-state index is 13.6. The third-order valence-electron chi connectivity index (χ3n) is 4.73. The van der Waals surface area contributed by atoms with Crippen molar-refractivity contribution in [2.45, 2.75) is 11.8 Å². The summed E-state index contributed by atoms with van der Waals surface area (Å²) in [7, 11) is -2.61. The minimum absolute atomic E-state index is 0.0395. The molecule has 0 saturated carbocycles. The van der Waals surface area contributed by atoms with Crippen LogP contribution in [-0.2, 0) is 19.6 Å². The number of hydrogen-bond acceptors (Lipinski definition) is 5. The van der Waals surface area contributed by atoms with E-state index in [9.17, 15) is 22.4 Å². The minimum atomic E-state index is -3.99. The van der Waals surface area contributed by atoms with Crippen LogP contribution in [0.1, 0.15) is 15.9 Å². The molecule has 0 aliphatic carbocycles. The Labute approximate surface area is 195 Å². The zero-order chi connectivity index (χ0) is 24.2. The lowest BCUT2D eigenvalue weighted by atomic mass is 10.2. The average Bonchev–Trinajstić information content (AvgIpc) is 2.80. The quantitative estimate of drug-likeness (QED) is 0.495. The number of carbonyl (C=O) groups is 2. The van der Waals surface area contributed by atoms with Crippen LogP contribution in [0.4, 0.5) is 15.8 Å². The van der Waals surface area contributed by atoms with E-state index in [2.05, 4.69) is 5.32 Å². The van der Waals surface area contributed by atoms with Gasteiger partial charge in [0, 0.05) is 12.7 Å². The van der Waals surface area contributed by atoms with E-state index in [1.807, 2.05) is 0 Å². The molecule has 10 heteroatoms. The molecule has 7 nitrogen and oxygen atoms in total. The van der Waals surface area contributed by atoms with Crippen molar-refractivity contribution in [3.8, 4) is 0 Å². The van der Waals surface area contributed by atoms with Crippen LogP contribution in [-0.4, -0.2) is 33.9 Å². The Morgan fingerprint density at radius 2 is 1.76 bits per heavy atom. The number of sulfonamides is 1. The highest BCUT2D eigenvalue weighted by molar-refractivity contribution is 7.92. The van der Waals surface area contributed by atoms with Crippen molar-refractivity contribution in [2.24, 2.45) is 0 Å². The second-order valence-corrected chi connectivity index (χ2v) is 9.41. The van der Waals surface area contributed by atoms with Gasteiger partial charge in [0.15, 0.2) is 6.61 Å². The normalized spacial score (nSPS) is 11.0. The third kappa shape index (κ3) is 5.68. The largest absolute Gasteiger partial charge is 0.452 e. The minimum Gasteiger partial charge on any atom is -0.452 e. The highest BCUT2D eigenvalue weighted by Gasteiger charge is 2.24. The molecule has 3 rings (SSSR count). The Morgan fingerprint density at radius 3 is 2.42 bits per heavy atom. The second kappa shape index (κ2) is 10.0. The van der Waals surface area contributed by atoms with Crippen LogP contribution >= 0.6 is 11.6 Å². The first-order valence-corrected chi connectivity index (χ1v) is 11.5. The van der Waals surface area contributed by atoms with Crippen molar-refractivity contribution in [2.75, 3.05) is 23.3 Å². The van der Waals surface area contributed by atoms with Crippen molar-refractivity contribution >= 4 is 44.9 Å². The van der Waals surface area contributed by atoms with E-state index in [0.717, 1.165) is 16.4 Å². The maximum Gasteiger partial charge on any atom is 0.340 e. The summed E-state index contributed by atoms with van der Waals surface area (Å²) in [5.41, 5.74) is 0.838. The van der Waals surface area contributed by atoms with Gasteiger partial charge >= 0.3 is 5.97 Å². The Bertz CT molecular complexity index is 1300. The summed E-state index contributed by atoms with van der Waals surface area (Å²) < 4.78 is 45.6. The molecule has 0 heterocycles. The lowest BCUT2D eigenvalue weighted by molar-refractivity contribution is -0.119. The second-order valence-electron chi connectivity index (χ2n) is 7.04. The number of carbonyl (C=O) groups excluding carboxylic acids is 2. The predicted octanol–water partition coefficient (Wildman–Crippen LogP) is 4.41. The van der Waals surface area contributed by atoms with E-state index in [4.69, 9.17) is 16.3 Å². The van der Waals surface area contributed by atoms with Crippen molar-refractivity contribution in [1.82, 2.24) is 0 Å². The molecule has 0 aliphatic rings. The Balaban J connectivity index is 1.72. The summed E-state index contributed by atoms with van der Waals surface area (Å²) in [6.45, 7) is 0.907. The fourth-order valence-corrected chi connectivity index (χ4v) is 4.25. The number of hydrogen-bond donors (Lipinski definition) is 1. The van der Waals surface area contributed by atoms with E-state index in [1.54, 1.807) is 37.3 Å². The third-order valence-corrected chi connectivity index (χ3v) is 6.84. The van der Waals surface area contributed by atoms with Crippen LogP contribution in [0, 0.1) is 12.7 Å². The lowest BCUT2D eigenvalue weighted by Gasteiger charge is -2.20.